The van der Waals surface area contributed by atoms with Crippen molar-refractivity contribution in [2.75, 3.05) is 13.2 Å². The molecule has 1 aliphatic rings. The van der Waals surface area contributed by atoms with Gasteiger partial charge in [0.2, 0.25) is 5.78 Å². The summed E-state index contributed by atoms with van der Waals surface area (Å²) in [7, 11) is 0. The number of fused-ring (bicyclic) bond motifs is 1. The molecule has 5 nitrogen and oxygen atoms in total. The average Bonchev–Trinajstić information content (AvgIpc) is 2.94. The number of carbonyl (C=O) groups is 1. The second-order valence-electron chi connectivity index (χ2n) is 4.74. The van der Waals surface area contributed by atoms with Gasteiger partial charge in [0, 0.05) is 0 Å². The summed E-state index contributed by atoms with van der Waals surface area (Å²) in [6, 6.07) is 10.4. The molecule has 3 rings (SSSR count). The predicted molar refractivity (Wildman–Crippen MR) is 73.6 cm³/mol. The standard InChI is InChI=1S/C16H13NO4/c1-10-2-4-14(21-10)16(18)12(9-17)11-3-5-13-15(8-11)20-7-6-19-13/h2-5,8,12H,6-7H2,1H3. The van der Waals surface area contributed by atoms with E-state index in [1.807, 2.05) is 6.07 Å². The number of Topliss-reactive ketones (excluding diaryl/α,β-unsaturated/α-hetero) is 1. The van der Waals surface area contributed by atoms with Gasteiger partial charge in [0.05, 0.1) is 6.07 Å². The third-order valence-corrected chi connectivity index (χ3v) is 3.27. The molecule has 0 radical (unpaired) electrons. The quantitative estimate of drug-likeness (QED) is 0.810. The minimum Gasteiger partial charge on any atom is -0.486 e. The molecule has 0 amide bonds. The molecule has 5 heteroatoms. The lowest BCUT2D eigenvalue weighted by atomic mass is 9.94. The van der Waals surface area contributed by atoms with Gasteiger partial charge in [0.1, 0.15) is 24.9 Å². The zero-order valence-electron chi connectivity index (χ0n) is 11.5. The molecule has 1 aliphatic heterocycles. The molecule has 106 valence electrons. The molecule has 0 bridgehead atoms. The number of nitrogens with zero attached hydrogens (tertiary/aromatic N) is 1. The lowest BCUT2D eigenvalue weighted by Gasteiger charge is -2.19. The number of benzene rings is 1. The van der Waals surface area contributed by atoms with E-state index in [0.717, 1.165) is 0 Å². The van der Waals surface area contributed by atoms with E-state index in [2.05, 4.69) is 0 Å². The normalized spacial score (nSPS) is 14.3. The van der Waals surface area contributed by atoms with Crippen LogP contribution in [-0.4, -0.2) is 19.0 Å². The summed E-state index contributed by atoms with van der Waals surface area (Å²) in [5, 5.41) is 9.34. The number of rotatable bonds is 3. The highest BCUT2D eigenvalue weighted by atomic mass is 16.6. The number of nitriles is 1. The Morgan fingerprint density at radius 1 is 1.19 bits per heavy atom. The Hall–Kier alpha value is -2.74. The highest BCUT2D eigenvalue weighted by Crippen LogP contribution is 2.34. The number of hydrogen-bond donors (Lipinski definition) is 0. The molecule has 1 aromatic carbocycles. The third kappa shape index (κ3) is 2.48. The van der Waals surface area contributed by atoms with Crippen LogP contribution in [0.5, 0.6) is 11.5 Å². The molecule has 21 heavy (non-hydrogen) atoms. The highest BCUT2D eigenvalue weighted by Gasteiger charge is 2.26. The number of ketones is 1. The van der Waals surface area contributed by atoms with Crippen LogP contribution in [0.2, 0.25) is 0 Å². The molecule has 0 fully saturated rings. The van der Waals surface area contributed by atoms with Crippen molar-refractivity contribution in [1.29, 1.82) is 5.26 Å². The second-order valence-corrected chi connectivity index (χ2v) is 4.74. The predicted octanol–water partition coefficient (Wildman–Crippen LogP) is 2.85. The smallest absolute Gasteiger partial charge is 0.219 e. The van der Waals surface area contributed by atoms with Crippen LogP contribution >= 0.6 is 0 Å². The van der Waals surface area contributed by atoms with Gasteiger partial charge in [-0.15, -0.1) is 0 Å². The first kappa shape index (κ1) is 13.3. The van der Waals surface area contributed by atoms with Crippen molar-refractivity contribution in [1.82, 2.24) is 0 Å². The molecule has 1 aromatic heterocycles. The Labute approximate surface area is 121 Å². The number of hydrogen-bond acceptors (Lipinski definition) is 5. The van der Waals surface area contributed by atoms with Gasteiger partial charge in [-0.2, -0.15) is 5.26 Å². The van der Waals surface area contributed by atoms with Gasteiger partial charge >= 0.3 is 0 Å². The van der Waals surface area contributed by atoms with Gasteiger partial charge in [0.25, 0.3) is 0 Å². The Morgan fingerprint density at radius 3 is 2.62 bits per heavy atom. The van der Waals surface area contributed by atoms with Crippen molar-refractivity contribution in [3.63, 3.8) is 0 Å². The fourth-order valence-corrected chi connectivity index (χ4v) is 2.23. The van der Waals surface area contributed by atoms with Crippen molar-refractivity contribution in [3.05, 3.63) is 47.4 Å². The van der Waals surface area contributed by atoms with E-state index in [1.165, 1.54) is 0 Å². The van der Waals surface area contributed by atoms with Gasteiger partial charge in [-0.1, -0.05) is 6.07 Å². The maximum Gasteiger partial charge on any atom is 0.219 e. The molecule has 2 heterocycles. The van der Waals surface area contributed by atoms with Crippen LogP contribution in [0.1, 0.15) is 27.8 Å². The Bertz CT molecular complexity index is 726. The summed E-state index contributed by atoms with van der Waals surface area (Å²) in [4.78, 5) is 12.4. The average molecular weight is 283 g/mol. The maximum absolute atomic E-state index is 12.4. The van der Waals surface area contributed by atoms with E-state index in [9.17, 15) is 10.1 Å². The van der Waals surface area contributed by atoms with Crippen LogP contribution in [0.25, 0.3) is 0 Å². The van der Waals surface area contributed by atoms with E-state index < -0.39 is 5.92 Å². The first-order valence-electron chi connectivity index (χ1n) is 6.59. The van der Waals surface area contributed by atoms with Gasteiger partial charge < -0.3 is 13.9 Å². The molecule has 1 atom stereocenters. The lowest BCUT2D eigenvalue weighted by Crippen LogP contribution is -2.16. The Kier molecular flexibility index (Phi) is 3.36. The summed E-state index contributed by atoms with van der Waals surface area (Å²) in [5.41, 5.74) is 0.570. The van der Waals surface area contributed by atoms with E-state index >= 15 is 0 Å². The fourth-order valence-electron chi connectivity index (χ4n) is 2.23. The van der Waals surface area contributed by atoms with E-state index in [-0.39, 0.29) is 11.5 Å². The largest absolute Gasteiger partial charge is 0.486 e. The SMILES string of the molecule is Cc1ccc(C(=O)C(C#N)c2ccc3c(c2)OCCO3)o1. The topological polar surface area (TPSA) is 72.5 Å². The number of furan rings is 1. The van der Waals surface area contributed by atoms with Crippen molar-refractivity contribution >= 4 is 5.78 Å². The molecule has 1 unspecified atom stereocenters. The molecule has 0 spiro atoms. The summed E-state index contributed by atoms with van der Waals surface area (Å²) < 4.78 is 16.2. The first-order chi connectivity index (χ1) is 10.2. The van der Waals surface area contributed by atoms with Gasteiger partial charge in [-0.05, 0) is 36.8 Å². The zero-order valence-corrected chi connectivity index (χ0v) is 11.5. The molecule has 0 saturated carbocycles. The number of carbonyl (C=O) groups excluding carboxylic acids is 1. The Balaban J connectivity index is 1.93. The molecular formula is C16H13NO4. The molecule has 0 N–H and O–H groups in total. The monoisotopic (exact) mass is 283 g/mol. The first-order valence-corrected chi connectivity index (χ1v) is 6.59. The van der Waals surface area contributed by atoms with E-state index in [1.54, 1.807) is 37.3 Å². The van der Waals surface area contributed by atoms with Crippen molar-refractivity contribution < 1.29 is 18.7 Å². The minimum atomic E-state index is -0.925. The maximum atomic E-state index is 12.4. The third-order valence-electron chi connectivity index (χ3n) is 3.27. The van der Waals surface area contributed by atoms with Crippen molar-refractivity contribution in [2.24, 2.45) is 0 Å². The summed E-state index contributed by atoms with van der Waals surface area (Å²) >= 11 is 0. The van der Waals surface area contributed by atoms with Crippen LogP contribution in [0, 0.1) is 18.3 Å². The van der Waals surface area contributed by atoms with Crippen LogP contribution in [-0.2, 0) is 0 Å². The van der Waals surface area contributed by atoms with Crippen LogP contribution in [0.3, 0.4) is 0 Å². The minimum absolute atomic E-state index is 0.189. The van der Waals surface area contributed by atoms with Crippen LogP contribution in [0.4, 0.5) is 0 Å². The number of aryl methyl sites for hydroxylation is 1. The fraction of sp³-hybridized carbons (Fsp3) is 0.250. The summed E-state index contributed by atoms with van der Waals surface area (Å²) in [5.74, 6) is 0.727. The second kappa shape index (κ2) is 5.33. The van der Waals surface area contributed by atoms with Crippen molar-refractivity contribution in [3.8, 4) is 17.6 Å². The van der Waals surface area contributed by atoms with Gasteiger partial charge in [-0.25, -0.2) is 0 Å². The summed E-state index contributed by atoms with van der Waals surface area (Å²) in [6.45, 7) is 2.71. The zero-order chi connectivity index (χ0) is 14.8. The molecular weight excluding hydrogens is 270 g/mol. The highest BCUT2D eigenvalue weighted by molar-refractivity contribution is 6.00. The van der Waals surface area contributed by atoms with Crippen LogP contribution in [0.15, 0.2) is 34.7 Å². The molecule has 2 aromatic rings. The lowest BCUT2D eigenvalue weighted by molar-refractivity contribution is 0.0950. The van der Waals surface area contributed by atoms with E-state index in [0.29, 0.717) is 36.0 Å². The summed E-state index contributed by atoms with van der Waals surface area (Å²) in [6.07, 6.45) is 0. The van der Waals surface area contributed by atoms with Gasteiger partial charge in [-0.3, -0.25) is 4.79 Å². The van der Waals surface area contributed by atoms with Crippen LogP contribution < -0.4 is 9.47 Å². The Morgan fingerprint density at radius 2 is 1.95 bits per heavy atom. The molecule has 0 saturated heterocycles. The molecule has 0 aliphatic carbocycles. The van der Waals surface area contributed by atoms with E-state index in [4.69, 9.17) is 13.9 Å². The number of ether oxygens (including phenoxy) is 2. The van der Waals surface area contributed by atoms with Crippen molar-refractivity contribution in [2.45, 2.75) is 12.8 Å². The van der Waals surface area contributed by atoms with Gasteiger partial charge in [0.15, 0.2) is 17.3 Å².